The van der Waals surface area contributed by atoms with Gasteiger partial charge >= 0.3 is 12.2 Å². The molecule has 2 aliphatic heterocycles. The number of benzene rings is 2. The summed E-state index contributed by atoms with van der Waals surface area (Å²) in [5.74, 6) is -0.744. The minimum absolute atomic E-state index is 0.292. The standard InChI is InChI=1S/C24H28F4N4O2/c1-14-12-31(13-15(2)30(14)3)20-11-19-16(10-21(20)34-4)8-9-32(19)23(33)29-18-7-5-6-17(25)22(18)24(26,27)28/h5-7,10-11,14-15H,8-9,12-13H2,1-4H3,(H,29,33)/t14-,15+. The Kier molecular flexibility index (Phi) is 6.37. The van der Waals surface area contributed by atoms with Crippen molar-refractivity contribution < 1.29 is 27.1 Å². The van der Waals surface area contributed by atoms with Crippen LogP contribution < -0.4 is 19.9 Å². The van der Waals surface area contributed by atoms with Crippen molar-refractivity contribution in [3.8, 4) is 5.75 Å². The van der Waals surface area contributed by atoms with E-state index in [1.807, 2.05) is 12.1 Å². The molecule has 2 aromatic rings. The number of rotatable bonds is 3. The maximum absolute atomic E-state index is 13.9. The van der Waals surface area contributed by atoms with Gasteiger partial charge in [-0.25, -0.2) is 9.18 Å². The molecule has 2 atom stereocenters. The molecule has 0 bridgehead atoms. The van der Waals surface area contributed by atoms with Crippen molar-refractivity contribution in [1.29, 1.82) is 0 Å². The molecule has 184 valence electrons. The third-order valence-corrected chi connectivity index (χ3v) is 6.76. The SMILES string of the molecule is COc1cc2c(cc1N1C[C@@H](C)N(C)[C@@H](C)C1)N(C(=O)Nc1cccc(F)c1C(F)(F)F)CC2. The zero-order chi connectivity index (χ0) is 24.8. The zero-order valence-corrected chi connectivity index (χ0v) is 19.5. The first-order valence-corrected chi connectivity index (χ1v) is 11.1. The van der Waals surface area contributed by atoms with Gasteiger partial charge in [0.2, 0.25) is 0 Å². The topological polar surface area (TPSA) is 48.1 Å². The summed E-state index contributed by atoms with van der Waals surface area (Å²) in [5.41, 5.74) is 0.202. The number of hydrogen-bond acceptors (Lipinski definition) is 4. The quantitative estimate of drug-likeness (QED) is 0.630. The molecule has 4 rings (SSSR count). The number of alkyl halides is 3. The van der Waals surface area contributed by atoms with Crippen LogP contribution in [0.25, 0.3) is 0 Å². The van der Waals surface area contributed by atoms with Crippen molar-refractivity contribution >= 4 is 23.1 Å². The second kappa shape index (κ2) is 8.98. The smallest absolute Gasteiger partial charge is 0.421 e. The highest BCUT2D eigenvalue weighted by atomic mass is 19.4. The Morgan fingerprint density at radius 3 is 2.41 bits per heavy atom. The van der Waals surface area contributed by atoms with E-state index < -0.39 is 29.3 Å². The number of anilines is 3. The monoisotopic (exact) mass is 480 g/mol. The molecule has 2 aliphatic rings. The number of methoxy groups -OCH3 is 1. The lowest BCUT2D eigenvalue weighted by Crippen LogP contribution is -2.55. The van der Waals surface area contributed by atoms with E-state index in [0.29, 0.717) is 36.5 Å². The van der Waals surface area contributed by atoms with Crippen molar-refractivity contribution in [1.82, 2.24) is 4.90 Å². The van der Waals surface area contributed by atoms with Gasteiger partial charge in [0.25, 0.3) is 0 Å². The number of carbonyl (C=O) groups is 1. The van der Waals surface area contributed by atoms with Gasteiger partial charge in [0.1, 0.15) is 17.1 Å². The molecule has 0 aliphatic carbocycles. The number of amides is 2. The van der Waals surface area contributed by atoms with Crippen molar-refractivity contribution in [3.05, 3.63) is 47.3 Å². The largest absolute Gasteiger partial charge is 0.495 e. The highest BCUT2D eigenvalue weighted by molar-refractivity contribution is 6.04. The first kappa shape index (κ1) is 24.1. The Balaban J connectivity index is 1.65. The van der Waals surface area contributed by atoms with Gasteiger partial charge in [0, 0.05) is 31.7 Å². The molecule has 34 heavy (non-hydrogen) atoms. The summed E-state index contributed by atoms with van der Waals surface area (Å²) in [7, 11) is 3.68. The van der Waals surface area contributed by atoms with Crippen LogP contribution in [0.4, 0.5) is 39.4 Å². The summed E-state index contributed by atoms with van der Waals surface area (Å²) in [4.78, 5) is 18.9. The van der Waals surface area contributed by atoms with Gasteiger partial charge < -0.3 is 15.0 Å². The average molecular weight is 481 g/mol. The van der Waals surface area contributed by atoms with Crippen LogP contribution in [0.15, 0.2) is 30.3 Å². The summed E-state index contributed by atoms with van der Waals surface area (Å²) in [6.45, 7) is 6.10. The lowest BCUT2D eigenvalue weighted by atomic mass is 10.1. The minimum Gasteiger partial charge on any atom is -0.495 e. The average Bonchev–Trinajstić information content (AvgIpc) is 3.18. The van der Waals surface area contributed by atoms with Crippen LogP contribution in [-0.2, 0) is 12.6 Å². The normalized spacial score (nSPS) is 20.9. The predicted molar refractivity (Wildman–Crippen MR) is 123 cm³/mol. The van der Waals surface area contributed by atoms with Gasteiger partial charge in [-0.15, -0.1) is 0 Å². The lowest BCUT2D eigenvalue weighted by molar-refractivity contribution is -0.139. The van der Waals surface area contributed by atoms with E-state index in [4.69, 9.17) is 4.74 Å². The van der Waals surface area contributed by atoms with Crippen LogP contribution in [0.2, 0.25) is 0 Å². The van der Waals surface area contributed by atoms with Crippen LogP contribution in [0.3, 0.4) is 0 Å². The Hall–Kier alpha value is -3.01. The second-order valence-corrected chi connectivity index (χ2v) is 8.91. The molecule has 2 aromatic carbocycles. The molecule has 1 fully saturated rings. The Morgan fingerprint density at radius 1 is 1.12 bits per heavy atom. The fourth-order valence-electron chi connectivity index (χ4n) is 4.73. The molecular formula is C24H28F4N4O2. The van der Waals surface area contributed by atoms with Crippen LogP contribution in [0, 0.1) is 5.82 Å². The fourth-order valence-corrected chi connectivity index (χ4v) is 4.73. The molecule has 2 heterocycles. The Labute approximate surface area is 196 Å². The number of nitrogens with one attached hydrogen (secondary N) is 1. The highest BCUT2D eigenvalue weighted by Gasteiger charge is 2.38. The number of urea groups is 1. The van der Waals surface area contributed by atoms with Gasteiger partial charge in [-0.3, -0.25) is 9.80 Å². The van der Waals surface area contributed by atoms with Crippen LogP contribution in [0.1, 0.15) is 25.0 Å². The molecular weight excluding hydrogens is 452 g/mol. The van der Waals surface area contributed by atoms with Crippen molar-refractivity contribution in [3.63, 3.8) is 0 Å². The summed E-state index contributed by atoms with van der Waals surface area (Å²) < 4.78 is 59.7. The summed E-state index contributed by atoms with van der Waals surface area (Å²) >= 11 is 0. The number of halogens is 4. The van der Waals surface area contributed by atoms with E-state index in [1.165, 1.54) is 4.90 Å². The number of hydrogen-bond donors (Lipinski definition) is 1. The molecule has 6 nitrogen and oxygen atoms in total. The molecule has 1 N–H and O–H groups in total. The summed E-state index contributed by atoms with van der Waals surface area (Å²) in [6, 6.07) is 6.51. The summed E-state index contributed by atoms with van der Waals surface area (Å²) in [5, 5.41) is 2.26. The lowest BCUT2D eigenvalue weighted by Gasteiger charge is -2.44. The van der Waals surface area contributed by atoms with E-state index in [1.54, 1.807) is 7.11 Å². The van der Waals surface area contributed by atoms with Gasteiger partial charge in [0.15, 0.2) is 0 Å². The molecule has 0 aromatic heterocycles. The summed E-state index contributed by atoms with van der Waals surface area (Å²) in [6.07, 6.45) is -4.41. The van der Waals surface area contributed by atoms with Crippen LogP contribution >= 0.6 is 0 Å². The van der Waals surface area contributed by atoms with Crippen molar-refractivity contribution in [2.24, 2.45) is 0 Å². The number of fused-ring (bicyclic) bond motifs is 1. The number of likely N-dealkylation sites (N-methyl/N-ethyl adjacent to an activating group) is 1. The Bertz CT molecular complexity index is 1080. The van der Waals surface area contributed by atoms with Crippen LogP contribution in [-0.4, -0.2) is 56.8 Å². The molecule has 0 spiro atoms. The van der Waals surface area contributed by atoms with Crippen LogP contribution in [0.5, 0.6) is 5.75 Å². The van der Waals surface area contributed by atoms with E-state index in [9.17, 15) is 22.4 Å². The first-order valence-electron chi connectivity index (χ1n) is 11.1. The molecule has 0 radical (unpaired) electrons. The third-order valence-electron chi connectivity index (χ3n) is 6.76. The molecule has 10 heteroatoms. The fraction of sp³-hybridized carbons (Fsp3) is 0.458. The zero-order valence-electron chi connectivity index (χ0n) is 19.5. The van der Waals surface area contributed by atoms with Gasteiger partial charge in [-0.05, 0) is 57.1 Å². The van der Waals surface area contributed by atoms with E-state index in [2.05, 4.69) is 36.0 Å². The minimum atomic E-state index is -4.94. The molecule has 1 saturated heterocycles. The van der Waals surface area contributed by atoms with E-state index in [-0.39, 0.29) is 0 Å². The number of nitrogens with zero attached hydrogens (tertiary/aromatic N) is 3. The number of piperazine rings is 1. The molecule has 0 unspecified atom stereocenters. The number of carbonyl (C=O) groups excluding carboxylic acids is 1. The molecule has 2 amide bonds. The van der Waals surface area contributed by atoms with Gasteiger partial charge in [-0.1, -0.05) is 6.07 Å². The first-order chi connectivity index (χ1) is 16.0. The molecule has 0 saturated carbocycles. The van der Waals surface area contributed by atoms with Gasteiger partial charge in [-0.2, -0.15) is 13.2 Å². The maximum atomic E-state index is 13.9. The third kappa shape index (κ3) is 4.38. The predicted octanol–water partition coefficient (Wildman–Crippen LogP) is 4.98. The van der Waals surface area contributed by atoms with Gasteiger partial charge in [0.05, 0.1) is 24.2 Å². The highest BCUT2D eigenvalue weighted by Crippen LogP contribution is 2.41. The van der Waals surface area contributed by atoms with E-state index in [0.717, 1.165) is 42.5 Å². The van der Waals surface area contributed by atoms with E-state index >= 15 is 0 Å². The van der Waals surface area contributed by atoms with Crippen molar-refractivity contribution in [2.75, 3.05) is 48.9 Å². The number of ether oxygens (including phenoxy) is 1. The van der Waals surface area contributed by atoms with Crippen molar-refractivity contribution in [2.45, 2.75) is 38.5 Å². The Morgan fingerprint density at radius 2 is 1.79 bits per heavy atom. The second-order valence-electron chi connectivity index (χ2n) is 8.91. The maximum Gasteiger partial charge on any atom is 0.421 e.